The Balaban J connectivity index is 2.15. The van der Waals surface area contributed by atoms with Crippen molar-refractivity contribution in [3.05, 3.63) is 62.8 Å². The quantitative estimate of drug-likeness (QED) is 0.628. The second kappa shape index (κ2) is 6.32. The van der Waals surface area contributed by atoms with Gasteiger partial charge in [0, 0.05) is 14.5 Å². The summed E-state index contributed by atoms with van der Waals surface area (Å²) in [6, 6.07) is 12.0. The summed E-state index contributed by atoms with van der Waals surface area (Å²) >= 11 is 6.67. The van der Waals surface area contributed by atoms with Crippen molar-refractivity contribution in [2.75, 3.05) is 0 Å². The van der Waals surface area contributed by atoms with Crippen LogP contribution in [-0.4, -0.2) is 10.3 Å². The van der Waals surface area contributed by atoms with E-state index in [1.807, 2.05) is 24.3 Å². The Bertz CT molecular complexity index is 816. The normalized spacial score (nSPS) is 10.9. The Hall–Kier alpha value is -1.50. The van der Waals surface area contributed by atoms with Crippen LogP contribution in [0, 0.1) is 5.82 Å². The number of nitrogens with zero attached hydrogens (tertiary/aromatic N) is 1. The molecule has 0 saturated heterocycles. The fourth-order valence-electron chi connectivity index (χ4n) is 2.17. The Morgan fingerprint density at radius 3 is 2.41 bits per heavy atom. The van der Waals surface area contributed by atoms with Crippen molar-refractivity contribution in [3.63, 3.8) is 0 Å². The molecule has 0 unspecified atom stereocenters. The number of aliphatic hydroxyl groups is 1. The Labute approximate surface area is 143 Å². The van der Waals surface area contributed by atoms with Crippen LogP contribution in [0.15, 0.2) is 55.9 Å². The molecule has 0 bridgehead atoms. The zero-order valence-electron chi connectivity index (χ0n) is 11.2. The van der Waals surface area contributed by atoms with Gasteiger partial charge in [-0.2, -0.15) is 0 Å². The molecule has 2 aromatic carbocycles. The van der Waals surface area contributed by atoms with Gasteiger partial charge in [0.1, 0.15) is 11.5 Å². The van der Waals surface area contributed by atoms with E-state index >= 15 is 0 Å². The van der Waals surface area contributed by atoms with Crippen molar-refractivity contribution in [1.29, 1.82) is 0 Å². The largest absolute Gasteiger partial charge is 0.391 e. The van der Waals surface area contributed by atoms with Gasteiger partial charge in [-0.1, -0.05) is 49.1 Å². The summed E-state index contributed by atoms with van der Waals surface area (Å²) in [5, 5.41) is 13.7. The van der Waals surface area contributed by atoms with Crippen LogP contribution in [0.5, 0.6) is 0 Å². The third-order valence-electron chi connectivity index (χ3n) is 3.24. The van der Waals surface area contributed by atoms with Gasteiger partial charge in [0.25, 0.3) is 0 Å². The lowest BCUT2D eigenvalue weighted by Crippen LogP contribution is -1.91. The van der Waals surface area contributed by atoms with Gasteiger partial charge < -0.3 is 9.63 Å². The molecule has 0 amide bonds. The van der Waals surface area contributed by atoms with E-state index in [1.165, 1.54) is 6.07 Å². The minimum atomic E-state index is -0.434. The van der Waals surface area contributed by atoms with Crippen LogP contribution in [0.3, 0.4) is 0 Å². The highest BCUT2D eigenvalue weighted by Crippen LogP contribution is 2.35. The molecule has 6 heteroatoms. The third-order valence-corrected chi connectivity index (χ3v) is 4.26. The molecule has 0 fully saturated rings. The molecule has 3 aromatic rings. The lowest BCUT2D eigenvalue weighted by atomic mass is 10.0. The van der Waals surface area contributed by atoms with Crippen molar-refractivity contribution in [1.82, 2.24) is 5.16 Å². The lowest BCUT2D eigenvalue weighted by molar-refractivity contribution is 0.281. The SMILES string of the molecule is OCc1c(-c2ccc(Br)cc2)noc1-c1cc(Br)ccc1F. The Morgan fingerprint density at radius 1 is 1.05 bits per heavy atom. The zero-order valence-corrected chi connectivity index (χ0v) is 14.4. The average Bonchev–Trinajstić information content (AvgIpc) is 2.94. The lowest BCUT2D eigenvalue weighted by Gasteiger charge is -2.03. The van der Waals surface area contributed by atoms with E-state index in [1.54, 1.807) is 12.1 Å². The first-order valence-electron chi connectivity index (χ1n) is 6.41. The standard InChI is InChI=1S/C16H10Br2FNO2/c17-10-3-1-9(2-4-10)15-13(8-21)16(22-20-15)12-7-11(18)5-6-14(12)19/h1-7,21H,8H2. The second-order valence-electron chi connectivity index (χ2n) is 4.63. The fourth-order valence-corrected chi connectivity index (χ4v) is 2.80. The van der Waals surface area contributed by atoms with Gasteiger partial charge in [-0.3, -0.25) is 0 Å². The van der Waals surface area contributed by atoms with E-state index < -0.39 is 5.82 Å². The number of benzene rings is 2. The van der Waals surface area contributed by atoms with Crippen molar-refractivity contribution < 1.29 is 14.0 Å². The Morgan fingerprint density at radius 2 is 1.73 bits per heavy atom. The topological polar surface area (TPSA) is 46.3 Å². The number of aromatic nitrogens is 1. The monoisotopic (exact) mass is 425 g/mol. The predicted octanol–water partition coefficient (Wildman–Crippen LogP) is 5.17. The highest BCUT2D eigenvalue weighted by Gasteiger charge is 2.21. The highest BCUT2D eigenvalue weighted by molar-refractivity contribution is 9.10. The zero-order chi connectivity index (χ0) is 15.7. The Kier molecular flexibility index (Phi) is 4.42. The number of hydrogen-bond donors (Lipinski definition) is 1. The summed E-state index contributed by atoms with van der Waals surface area (Å²) in [5.41, 5.74) is 2.01. The summed E-state index contributed by atoms with van der Waals surface area (Å²) in [6.07, 6.45) is 0. The highest BCUT2D eigenvalue weighted by atomic mass is 79.9. The summed E-state index contributed by atoms with van der Waals surface area (Å²) < 4.78 is 21.0. The maximum absolute atomic E-state index is 14.0. The first-order valence-corrected chi connectivity index (χ1v) is 7.99. The molecule has 112 valence electrons. The molecule has 0 aliphatic rings. The molecule has 0 aliphatic carbocycles. The van der Waals surface area contributed by atoms with Crippen LogP contribution < -0.4 is 0 Å². The third kappa shape index (κ3) is 2.86. The molecule has 0 saturated carbocycles. The van der Waals surface area contributed by atoms with E-state index in [-0.39, 0.29) is 17.9 Å². The smallest absolute Gasteiger partial charge is 0.175 e. The van der Waals surface area contributed by atoms with Crippen LogP contribution in [0.2, 0.25) is 0 Å². The average molecular weight is 427 g/mol. The summed E-state index contributed by atoms with van der Waals surface area (Å²) in [7, 11) is 0. The molecular formula is C16H10Br2FNO2. The minimum Gasteiger partial charge on any atom is -0.391 e. The van der Waals surface area contributed by atoms with Gasteiger partial charge in [0.15, 0.2) is 5.76 Å². The fraction of sp³-hybridized carbons (Fsp3) is 0.0625. The molecular weight excluding hydrogens is 417 g/mol. The van der Waals surface area contributed by atoms with Crippen LogP contribution >= 0.6 is 31.9 Å². The predicted molar refractivity (Wildman–Crippen MR) is 88.7 cm³/mol. The number of rotatable bonds is 3. The maximum atomic E-state index is 14.0. The van der Waals surface area contributed by atoms with Crippen molar-refractivity contribution in [3.8, 4) is 22.6 Å². The number of halogens is 3. The molecule has 3 nitrogen and oxygen atoms in total. The minimum absolute atomic E-state index is 0.235. The van der Waals surface area contributed by atoms with Crippen LogP contribution in [0.4, 0.5) is 4.39 Å². The molecule has 0 radical (unpaired) electrons. The second-order valence-corrected chi connectivity index (χ2v) is 6.46. The van der Waals surface area contributed by atoms with E-state index in [9.17, 15) is 9.50 Å². The van der Waals surface area contributed by atoms with Gasteiger partial charge >= 0.3 is 0 Å². The summed E-state index contributed by atoms with van der Waals surface area (Å²) in [5.74, 6) is -0.198. The van der Waals surface area contributed by atoms with E-state index in [0.29, 0.717) is 11.3 Å². The molecule has 0 spiro atoms. The summed E-state index contributed by atoms with van der Waals surface area (Å²) in [6.45, 7) is -0.295. The summed E-state index contributed by atoms with van der Waals surface area (Å²) in [4.78, 5) is 0. The van der Waals surface area contributed by atoms with Crippen molar-refractivity contribution in [2.45, 2.75) is 6.61 Å². The van der Waals surface area contributed by atoms with Gasteiger partial charge in [0.2, 0.25) is 0 Å². The molecule has 3 rings (SSSR count). The van der Waals surface area contributed by atoms with Crippen LogP contribution in [0.25, 0.3) is 22.6 Å². The van der Waals surface area contributed by atoms with Crippen LogP contribution in [0.1, 0.15) is 5.56 Å². The van der Waals surface area contributed by atoms with Gasteiger partial charge in [-0.25, -0.2) is 4.39 Å². The van der Waals surface area contributed by atoms with Gasteiger partial charge in [-0.15, -0.1) is 0 Å². The molecule has 1 N–H and O–H groups in total. The van der Waals surface area contributed by atoms with Crippen molar-refractivity contribution >= 4 is 31.9 Å². The van der Waals surface area contributed by atoms with Crippen molar-refractivity contribution in [2.24, 2.45) is 0 Å². The first kappa shape index (κ1) is 15.4. The molecule has 0 atom stereocenters. The maximum Gasteiger partial charge on any atom is 0.175 e. The number of hydrogen-bond acceptors (Lipinski definition) is 3. The van der Waals surface area contributed by atoms with Gasteiger partial charge in [0.05, 0.1) is 17.7 Å². The molecule has 22 heavy (non-hydrogen) atoms. The number of aliphatic hydroxyl groups excluding tert-OH is 1. The van der Waals surface area contributed by atoms with Gasteiger partial charge in [-0.05, 0) is 30.3 Å². The molecule has 1 heterocycles. The van der Waals surface area contributed by atoms with E-state index in [4.69, 9.17) is 4.52 Å². The molecule has 1 aromatic heterocycles. The van der Waals surface area contributed by atoms with E-state index in [2.05, 4.69) is 37.0 Å². The van der Waals surface area contributed by atoms with Crippen LogP contribution in [-0.2, 0) is 6.61 Å². The first-order chi connectivity index (χ1) is 10.6. The molecule has 0 aliphatic heterocycles. The van der Waals surface area contributed by atoms with E-state index in [0.717, 1.165) is 14.5 Å².